The van der Waals surface area contributed by atoms with E-state index in [4.69, 9.17) is 0 Å². The van der Waals surface area contributed by atoms with Gasteiger partial charge in [-0.15, -0.1) is 0 Å². The lowest BCUT2D eigenvalue weighted by Crippen LogP contribution is -2.46. The van der Waals surface area contributed by atoms with Crippen LogP contribution in [-0.2, 0) is 0 Å². The minimum Gasteiger partial charge on any atom is -0.345 e. The Labute approximate surface area is 374 Å². The minimum absolute atomic E-state index is 0.383. The van der Waals surface area contributed by atoms with E-state index < -0.39 is 0 Å². The van der Waals surface area contributed by atoms with Gasteiger partial charge in [0.1, 0.15) is 53.1 Å². The summed E-state index contributed by atoms with van der Waals surface area (Å²) in [5.74, 6) is 3.06. The fraction of sp³-hybridized carbons (Fsp3) is 0.444. The molecule has 0 spiro atoms. The van der Waals surface area contributed by atoms with Gasteiger partial charge in [0.15, 0.2) is 0 Å². The van der Waals surface area contributed by atoms with Gasteiger partial charge in [-0.2, -0.15) is 9.13 Å². The van der Waals surface area contributed by atoms with Crippen molar-refractivity contribution < 1.29 is 9.13 Å². The normalized spacial score (nSPS) is 12.7. The van der Waals surface area contributed by atoms with Crippen LogP contribution in [0.15, 0.2) is 97.6 Å². The van der Waals surface area contributed by atoms with E-state index in [-0.39, 0.29) is 0 Å². The Morgan fingerprint density at radius 3 is 1.05 bits per heavy atom. The Balaban J connectivity index is 1.69. The maximum atomic E-state index is 2.55. The molecule has 0 unspecified atom stereocenters. The van der Waals surface area contributed by atoms with Gasteiger partial charge in [-0.3, -0.25) is 0 Å². The number of imidazole rings is 2. The molecule has 0 aliphatic carbocycles. The molecule has 7 heteroatoms. The standard InChI is InChI=1S/C54H72N4P3/c1-33(2)41-21-17-22-42(34(3)4)49(41)55-29-30-56(50-43(35(5)6)23-18-24-44(50)36(7)8)53(55)59-61-60-54-57(51-45(37(9)10)25-19-26-46(51)38(11)12)31-32-58(54)52-47(39(13)14)27-20-28-48(52)40(15)16/h17-40H,1-16H3/q+1. The lowest BCUT2D eigenvalue weighted by Gasteiger charge is -2.23. The Morgan fingerprint density at radius 2 is 0.689 bits per heavy atom. The number of aromatic nitrogens is 4. The largest absolute Gasteiger partial charge is 0.345 e. The molecule has 0 amide bonds. The molecule has 0 N–H and O–H groups in total. The van der Waals surface area contributed by atoms with Gasteiger partial charge >= 0.3 is 5.57 Å². The van der Waals surface area contributed by atoms with Crippen LogP contribution >= 0.6 is 23.7 Å². The summed E-state index contributed by atoms with van der Waals surface area (Å²) < 4.78 is 10.2. The highest BCUT2D eigenvalue weighted by Crippen LogP contribution is 2.40. The molecular weight excluding hydrogens is 798 g/mol. The van der Waals surface area contributed by atoms with E-state index in [9.17, 15) is 0 Å². The quantitative estimate of drug-likeness (QED) is 0.0723. The van der Waals surface area contributed by atoms with Gasteiger partial charge in [0, 0.05) is 52.4 Å². The van der Waals surface area contributed by atoms with Crippen LogP contribution in [0, 0.1) is 0 Å². The molecule has 4 nitrogen and oxygen atoms in total. The van der Waals surface area contributed by atoms with Crippen LogP contribution in [-0.4, -0.2) is 9.13 Å². The van der Waals surface area contributed by atoms with Gasteiger partial charge in [0.2, 0.25) is 0 Å². The highest BCUT2D eigenvalue weighted by atomic mass is 32.2. The summed E-state index contributed by atoms with van der Waals surface area (Å²) in [4.78, 5) is 0. The lowest BCUT2D eigenvalue weighted by atomic mass is 9.92. The second kappa shape index (κ2) is 19.8. The van der Waals surface area contributed by atoms with E-state index in [1.54, 1.807) is 0 Å². The molecule has 0 atom stereocenters. The van der Waals surface area contributed by atoms with E-state index in [0.29, 0.717) is 47.3 Å². The molecular formula is C54H72N4P3+. The molecule has 0 saturated heterocycles. The molecule has 6 aromatic rings. The van der Waals surface area contributed by atoms with Crippen LogP contribution in [0.3, 0.4) is 0 Å². The Kier molecular flexibility index (Phi) is 15.2. The average Bonchev–Trinajstić information content (AvgIpc) is 3.83. The minimum atomic E-state index is 0.383. The van der Waals surface area contributed by atoms with Gasteiger partial charge < -0.3 is 8.27 Å². The topological polar surface area (TPSA) is 17.6 Å². The second-order valence-corrected chi connectivity index (χ2v) is 24.1. The summed E-state index contributed by atoms with van der Waals surface area (Å²) in [7, 11) is 3.75. The van der Waals surface area contributed by atoms with Gasteiger partial charge in [0.25, 0.3) is 0 Å². The van der Waals surface area contributed by atoms with Crippen molar-refractivity contribution in [2.24, 2.45) is 0 Å². The van der Waals surface area contributed by atoms with E-state index in [0.717, 1.165) is 0 Å². The SMILES string of the molecule is CC(C)c1cccc(C(C)C)c1-n1cc[n+](-c2c(C(C)C)cccc2C(C)C)c1P=P[P-]c1n(-c2c(C(C)C)cccc2C(C)C)cc[n+]1-c1c(C(C)C)cccc1C(C)C. The van der Waals surface area contributed by atoms with E-state index >= 15 is 0 Å². The number of hydrogen-bond acceptors (Lipinski definition) is 0. The number of hydrogen-bond donors (Lipinski definition) is 0. The van der Waals surface area contributed by atoms with E-state index in [1.807, 2.05) is 0 Å². The van der Waals surface area contributed by atoms with Crippen molar-refractivity contribution in [3.63, 3.8) is 0 Å². The van der Waals surface area contributed by atoms with Crippen molar-refractivity contribution in [3.8, 4) is 22.7 Å². The summed E-state index contributed by atoms with van der Waals surface area (Å²) >= 11 is 0. The average molecular weight is 870 g/mol. The van der Waals surface area contributed by atoms with Gasteiger partial charge in [-0.05, 0) is 47.3 Å². The molecule has 4 aromatic carbocycles. The van der Waals surface area contributed by atoms with E-state index in [2.05, 4.69) is 227 Å². The van der Waals surface area contributed by atoms with Crippen molar-refractivity contribution in [1.82, 2.24) is 9.13 Å². The van der Waals surface area contributed by atoms with Crippen LogP contribution in [0.25, 0.3) is 22.7 Å². The van der Waals surface area contributed by atoms with Crippen LogP contribution in [0.2, 0.25) is 0 Å². The van der Waals surface area contributed by atoms with Crippen molar-refractivity contribution in [1.29, 1.82) is 0 Å². The maximum Gasteiger partial charge on any atom is 0.318 e. The monoisotopic (exact) mass is 869 g/mol. The first-order valence-corrected chi connectivity index (χ1v) is 27.0. The molecule has 0 aliphatic heterocycles. The van der Waals surface area contributed by atoms with Gasteiger partial charge in [-0.25, -0.2) is 16.7 Å². The summed E-state index contributed by atoms with van der Waals surface area (Å²) in [6, 6.07) is 27.8. The zero-order chi connectivity index (χ0) is 44.4. The third-order valence-corrected chi connectivity index (χ3v) is 16.8. The van der Waals surface area contributed by atoms with Crippen molar-refractivity contribution >= 4 is 34.8 Å². The number of nitrogens with zero attached hydrogens (tertiary/aromatic N) is 4. The van der Waals surface area contributed by atoms with E-state index in [1.165, 1.54) is 102 Å². The maximum absolute atomic E-state index is 2.55. The summed E-state index contributed by atoms with van der Waals surface area (Å²) in [6.07, 6.45) is 9.42. The molecule has 61 heavy (non-hydrogen) atoms. The summed E-state index contributed by atoms with van der Waals surface area (Å²) in [5, 5.41) is 0. The zero-order valence-corrected chi connectivity index (χ0v) is 42.7. The third-order valence-electron chi connectivity index (χ3n) is 12.2. The van der Waals surface area contributed by atoms with Crippen LogP contribution in [0.5, 0.6) is 0 Å². The molecule has 6 rings (SSSR count). The fourth-order valence-electron chi connectivity index (χ4n) is 8.92. The van der Waals surface area contributed by atoms with Gasteiger partial charge in [-0.1, -0.05) is 184 Å². The van der Waals surface area contributed by atoms with Crippen molar-refractivity contribution in [3.05, 3.63) is 142 Å². The Morgan fingerprint density at radius 1 is 0.393 bits per heavy atom. The van der Waals surface area contributed by atoms with Crippen molar-refractivity contribution in [2.45, 2.75) is 158 Å². The molecule has 0 radical (unpaired) electrons. The first-order valence-electron chi connectivity index (χ1n) is 22.9. The predicted molar refractivity (Wildman–Crippen MR) is 267 cm³/mol. The van der Waals surface area contributed by atoms with Gasteiger partial charge in [0.05, 0.1) is 0 Å². The molecule has 0 saturated carbocycles. The third kappa shape index (κ3) is 9.50. The number of rotatable bonds is 15. The molecule has 322 valence electrons. The Hall–Kier alpha value is -3.67. The lowest BCUT2D eigenvalue weighted by molar-refractivity contribution is -0.576. The molecule has 2 aromatic heterocycles. The highest BCUT2D eigenvalue weighted by Gasteiger charge is 2.30. The number of para-hydroxylation sites is 4. The zero-order valence-electron chi connectivity index (χ0n) is 40.0. The van der Waals surface area contributed by atoms with Crippen LogP contribution in [0.4, 0.5) is 0 Å². The molecule has 0 fully saturated rings. The molecule has 0 bridgehead atoms. The highest BCUT2D eigenvalue weighted by molar-refractivity contribution is 8.28. The molecule has 0 aliphatic rings. The second-order valence-electron chi connectivity index (χ2n) is 19.3. The number of benzene rings is 4. The smallest absolute Gasteiger partial charge is 0.318 e. The summed E-state index contributed by atoms with van der Waals surface area (Å²) in [6.45, 7) is 37.5. The Bertz CT molecular complexity index is 2230. The fourth-order valence-corrected chi connectivity index (χ4v) is 13.8. The van der Waals surface area contributed by atoms with Crippen molar-refractivity contribution in [2.75, 3.05) is 0 Å². The first-order chi connectivity index (χ1) is 29.0. The molecule has 2 heterocycles. The van der Waals surface area contributed by atoms with Crippen LogP contribution < -0.4 is 20.3 Å². The van der Waals surface area contributed by atoms with Crippen LogP contribution in [0.1, 0.15) is 203 Å². The first kappa shape index (κ1) is 46.8. The predicted octanol–water partition coefficient (Wildman–Crippen LogP) is 15.4. The summed E-state index contributed by atoms with van der Waals surface area (Å²) in [5.41, 5.74) is 19.1.